The van der Waals surface area contributed by atoms with Crippen LogP contribution >= 0.6 is 11.6 Å². The van der Waals surface area contributed by atoms with E-state index in [4.69, 9.17) is 16.3 Å². The van der Waals surface area contributed by atoms with Crippen molar-refractivity contribution in [3.8, 4) is 6.07 Å². The van der Waals surface area contributed by atoms with Crippen LogP contribution in [0.15, 0.2) is 41.3 Å². The largest absolute Gasteiger partial charge is 0.465 e. The van der Waals surface area contributed by atoms with Crippen LogP contribution in [0.25, 0.3) is 0 Å². The first kappa shape index (κ1) is 23.8. The van der Waals surface area contributed by atoms with E-state index in [1.807, 2.05) is 26.8 Å². The molecule has 1 N–H and O–H groups in total. The first-order chi connectivity index (χ1) is 15.0. The molecule has 0 saturated carbocycles. The molecule has 7 nitrogen and oxygen atoms in total. The Hall–Kier alpha value is -2.89. The third kappa shape index (κ3) is 5.12. The van der Waals surface area contributed by atoms with Gasteiger partial charge in [-0.25, -0.2) is 9.18 Å². The lowest BCUT2D eigenvalue weighted by atomic mass is 9.88. The molecule has 3 rings (SSSR count). The van der Waals surface area contributed by atoms with Crippen LogP contribution in [0.1, 0.15) is 38.0 Å². The molecule has 1 amide bonds. The Morgan fingerprint density at radius 1 is 1.34 bits per heavy atom. The number of nitrogens with zero attached hydrogens (tertiary/aromatic N) is 3. The lowest BCUT2D eigenvalue weighted by molar-refractivity contribution is -0.0789. The van der Waals surface area contributed by atoms with Crippen LogP contribution in [-0.2, 0) is 11.3 Å². The second-order valence-corrected chi connectivity index (χ2v) is 9.43. The third-order valence-corrected chi connectivity index (χ3v) is 5.97. The molecule has 0 bridgehead atoms. The SMILES string of the molecule is CC(C)(C)C1CN(C(=O)O)C[C@@H](Cn2cccc(C#N)c2=O)[C@H](c2ccc(Cl)c(F)c2)O1. The zero-order valence-electron chi connectivity index (χ0n) is 18.1. The van der Waals surface area contributed by atoms with Crippen molar-refractivity contribution in [3.05, 3.63) is 68.8 Å². The summed E-state index contributed by atoms with van der Waals surface area (Å²) in [5, 5.41) is 18.9. The summed E-state index contributed by atoms with van der Waals surface area (Å²) in [6.07, 6.45) is -0.740. The molecule has 1 aliphatic rings. The van der Waals surface area contributed by atoms with Crippen molar-refractivity contribution >= 4 is 17.7 Å². The van der Waals surface area contributed by atoms with Gasteiger partial charge in [-0.1, -0.05) is 38.4 Å². The monoisotopic (exact) mass is 461 g/mol. The van der Waals surface area contributed by atoms with E-state index in [0.717, 1.165) is 0 Å². The van der Waals surface area contributed by atoms with Gasteiger partial charge in [-0.3, -0.25) is 4.79 Å². The summed E-state index contributed by atoms with van der Waals surface area (Å²) in [4.78, 5) is 25.9. The van der Waals surface area contributed by atoms with Gasteiger partial charge in [0.15, 0.2) is 0 Å². The Bertz CT molecular complexity index is 1110. The first-order valence-corrected chi connectivity index (χ1v) is 10.6. The molecular weight excluding hydrogens is 437 g/mol. The van der Waals surface area contributed by atoms with Crippen molar-refractivity contribution in [1.82, 2.24) is 9.47 Å². The Kier molecular flexibility index (Phi) is 6.91. The van der Waals surface area contributed by atoms with Crippen LogP contribution < -0.4 is 5.56 Å². The van der Waals surface area contributed by atoms with E-state index in [-0.39, 0.29) is 30.2 Å². The smallest absolute Gasteiger partial charge is 0.407 e. The third-order valence-electron chi connectivity index (χ3n) is 5.66. The molecular formula is C23H25ClFN3O4. The van der Waals surface area contributed by atoms with Gasteiger partial charge >= 0.3 is 6.09 Å². The highest BCUT2D eigenvalue weighted by molar-refractivity contribution is 6.30. The number of ether oxygens (including phenoxy) is 1. The van der Waals surface area contributed by atoms with Gasteiger partial charge in [0, 0.05) is 25.2 Å². The van der Waals surface area contributed by atoms with Crippen LogP contribution in [-0.4, -0.2) is 39.9 Å². The molecule has 32 heavy (non-hydrogen) atoms. The number of benzene rings is 1. The predicted molar refractivity (Wildman–Crippen MR) is 117 cm³/mol. The second-order valence-electron chi connectivity index (χ2n) is 9.02. The van der Waals surface area contributed by atoms with E-state index >= 15 is 0 Å². The van der Waals surface area contributed by atoms with Crippen molar-refractivity contribution in [1.29, 1.82) is 5.26 Å². The quantitative estimate of drug-likeness (QED) is 0.735. The number of pyridine rings is 1. The number of hydrogen-bond acceptors (Lipinski definition) is 4. The summed E-state index contributed by atoms with van der Waals surface area (Å²) >= 11 is 5.86. The number of halogens is 2. The molecule has 2 heterocycles. The van der Waals surface area contributed by atoms with Gasteiger partial charge in [0.25, 0.3) is 5.56 Å². The minimum atomic E-state index is -1.10. The van der Waals surface area contributed by atoms with Crippen molar-refractivity contribution < 1.29 is 19.0 Å². The fraction of sp³-hybridized carbons (Fsp3) is 0.435. The number of carbonyl (C=O) groups is 1. The van der Waals surface area contributed by atoms with Gasteiger partial charge in [0.05, 0.1) is 23.8 Å². The number of rotatable bonds is 3. The van der Waals surface area contributed by atoms with E-state index in [2.05, 4.69) is 0 Å². The number of aromatic nitrogens is 1. The van der Waals surface area contributed by atoms with Crippen LogP contribution in [0, 0.1) is 28.5 Å². The summed E-state index contributed by atoms with van der Waals surface area (Å²) in [6, 6.07) is 9.23. The normalized spacial score (nSPS) is 21.6. The van der Waals surface area contributed by atoms with Crippen molar-refractivity contribution in [2.45, 2.75) is 39.5 Å². The van der Waals surface area contributed by atoms with E-state index in [1.54, 1.807) is 18.3 Å². The molecule has 0 spiro atoms. The molecule has 1 aromatic heterocycles. The van der Waals surface area contributed by atoms with E-state index in [1.165, 1.54) is 27.7 Å². The number of hydrogen-bond donors (Lipinski definition) is 1. The number of carboxylic acid groups (broad SMARTS) is 1. The lowest BCUT2D eigenvalue weighted by Crippen LogP contribution is -2.42. The highest BCUT2D eigenvalue weighted by atomic mass is 35.5. The van der Waals surface area contributed by atoms with Gasteiger partial charge in [-0.2, -0.15) is 5.26 Å². The van der Waals surface area contributed by atoms with Gasteiger partial charge in [-0.15, -0.1) is 0 Å². The molecule has 1 saturated heterocycles. The van der Waals surface area contributed by atoms with Gasteiger partial charge < -0.3 is 19.3 Å². The lowest BCUT2D eigenvalue weighted by Gasteiger charge is -2.34. The van der Waals surface area contributed by atoms with Crippen LogP contribution in [0.2, 0.25) is 5.02 Å². The summed E-state index contributed by atoms with van der Waals surface area (Å²) in [5.41, 5.74) is -0.389. The Morgan fingerprint density at radius 2 is 2.06 bits per heavy atom. The highest BCUT2D eigenvalue weighted by Gasteiger charge is 2.40. The van der Waals surface area contributed by atoms with Crippen LogP contribution in [0.5, 0.6) is 0 Å². The minimum Gasteiger partial charge on any atom is -0.465 e. The maximum Gasteiger partial charge on any atom is 0.407 e. The molecule has 0 radical (unpaired) electrons. The fourth-order valence-electron chi connectivity index (χ4n) is 3.83. The van der Waals surface area contributed by atoms with Crippen molar-refractivity contribution in [2.24, 2.45) is 11.3 Å². The topological polar surface area (TPSA) is 95.6 Å². The van der Waals surface area contributed by atoms with Gasteiger partial charge in [0.2, 0.25) is 0 Å². The zero-order chi connectivity index (χ0) is 23.6. The Balaban J connectivity index is 2.10. The summed E-state index contributed by atoms with van der Waals surface area (Å²) in [5.74, 6) is -1.13. The summed E-state index contributed by atoms with van der Waals surface area (Å²) in [7, 11) is 0. The van der Waals surface area contributed by atoms with Crippen molar-refractivity contribution in [2.75, 3.05) is 13.1 Å². The summed E-state index contributed by atoms with van der Waals surface area (Å²) in [6.45, 7) is 6.12. The molecule has 1 aromatic carbocycles. The average Bonchev–Trinajstić information content (AvgIpc) is 2.92. The zero-order valence-corrected chi connectivity index (χ0v) is 18.8. The molecule has 0 aliphatic carbocycles. The average molecular weight is 462 g/mol. The van der Waals surface area contributed by atoms with E-state index in [0.29, 0.717) is 5.56 Å². The molecule has 1 fully saturated rings. The standard InChI is InChI=1S/C23H25ClFN3O4/c1-23(2,3)19-13-28(22(30)31)12-16(11-27-8-4-5-15(10-26)21(27)29)20(32-19)14-6-7-17(24)18(25)9-14/h4-9,16,19-20H,11-13H2,1-3H3,(H,30,31)/t16-,19?,20+/m1/s1. The summed E-state index contributed by atoms with van der Waals surface area (Å²) < 4.78 is 22.1. The maximum atomic E-state index is 14.3. The number of nitriles is 1. The molecule has 170 valence electrons. The van der Waals surface area contributed by atoms with E-state index in [9.17, 15) is 24.3 Å². The molecule has 1 unspecified atom stereocenters. The molecule has 9 heteroatoms. The molecule has 1 aliphatic heterocycles. The van der Waals surface area contributed by atoms with Gasteiger partial charge in [0.1, 0.15) is 17.4 Å². The molecule has 2 aromatic rings. The first-order valence-electron chi connectivity index (χ1n) is 10.2. The Morgan fingerprint density at radius 3 is 2.66 bits per heavy atom. The molecule has 3 atom stereocenters. The van der Waals surface area contributed by atoms with Gasteiger partial charge in [-0.05, 0) is 35.2 Å². The van der Waals surface area contributed by atoms with Crippen LogP contribution in [0.3, 0.4) is 0 Å². The second kappa shape index (κ2) is 9.31. The predicted octanol–water partition coefficient (Wildman–Crippen LogP) is 4.29. The Labute approximate surface area is 190 Å². The number of amides is 1. The highest BCUT2D eigenvalue weighted by Crippen LogP contribution is 2.38. The maximum absolute atomic E-state index is 14.3. The van der Waals surface area contributed by atoms with Crippen molar-refractivity contribution in [3.63, 3.8) is 0 Å². The van der Waals surface area contributed by atoms with E-state index < -0.39 is 41.0 Å². The van der Waals surface area contributed by atoms with Crippen LogP contribution in [0.4, 0.5) is 9.18 Å². The minimum absolute atomic E-state index is 0.0150. The fourth-order valence-corrected chi connectivity index (χ4v) is 3.95.